The summed E-state index contributed by atoms with van der Waals surface area (Å²) >= 11 is 0. The molecular weight excluding hydrogens is 276 g/mol. The minimum absolute atomic E-state index is 0.0992. The van der Waals surface area contributed by atoms with E-state index < -0.39 is 0 Å². The van der Waals surface area contributed by atoms with Gasteiger partial charge in [0.15, 0.2) is 0 Å². The Balaban J connectivity index is 2.31. The lowest BCUT2D eigenvalue weighted by atomic mass is 10.0. The van der Waals surface area contributed by atoms with Crippen LogP contribution in [0, 0.1) is 0 Å². The number of nitrogens with zero attached hydrogens (tertiary/aromatic N) is 2. The number of aromatic nitrogens is 2. The number of aliphatic hydroxyl groups is 1. The average Bonchev–Trinajstić information content (AvgIpc) is 2.58. The molecule has 22 heavy (non-hydrogen) atoms. The highest BCUT2D eigenvalue weighted by Crippen LogP contribution is 2.28. The lowest BCUT2D eigenvalue weighted by Gasteiger charge is -2.16. The SMILES string of the molecule is O=c1cnc(-c2ccccc2)c(-c2ccccc2)n1CCO. The van der Waals surface area contributed by atoms with E-state index in [0.29, 0.717) is 0 Å². The lowest BCUT2D eigenvalue weighted by Crippen LogP contribution is -2.24. The van der Waals surface area contributed by atoms with E-state index in [1.807, 2.05) is 60.7 Å². The fraction of sp³-hybridized carbons (Fsp3) is 0.111. The van der Waals surface area contributed by atoms with Crippen LogP contribution in [0.15, 0.2) is 71.7 Å². The van der Waals surface area contributed by atoms with Crippen LogP contribution in [0.3, 0.4) is 0 Å². The van der Waals surface area contributed by atoms with Crippen LogP contribution < -0.4 is 5.56 Å². The van der Waals surface area contributed by atoms with Gasteiger partial charge in [0.2, 0.25) is 0 Å². The topological polar surface area (TPSA) is 55.1 Å². The van der Waals surface area contributed by atoms with Crippen LogP contribution in [0.5, 0.6) is 0 Å². The van der Waals surface area contributed by atoms with Gasteiger partial charge in [-0.25, -0.2) is 4.98 Å². The van der Waals surface area contributed by atoms with E-state index in [-0.39, 0.29) is 18.7 Å². The normalized spacial score (nSPS) is 10.6. The number of benzene rings is 2. The van der Waals surface area contributed by atoms with Crippen molar-refractivity contribution in [2.75, 3.05) is 6.61 Å². The first kappa shape index (κ1) is 14.2. The fourth-order valence-electron chi connectivity index (χ4n) is 2.51. The maximum Gasteiger partial charge on any atom is 0.269 e. The Bertz CT molecular complexity index is 811. The van der Waals surface area contributed by atoms with E-state index >= 15 is 0 Å². The predicted octanol–water partition coefficient (Wildman–Crippen LogP) is 2.57. The molecule has 0 unspecified atom stereocenters. The molecule has 2 aromatic carbocycles. The molecule has 3 rings (SSSR count). The molecule has 0 spiro atoms. The first-order valence-corrected chi connectivity index (χ1v) is 7.13. The minimum Gasteiger partial charge on any atom is -0.395 e. The van der Waals surface area contributed by atoms with Crippen molar-refractivity contribution in [2.45, 2.75) is 6.54 Å². The van der Waals surface area contributed by atoms with Crippen molar-refractivity contribution in [1.29, 1.82) is 0 Å². The van der Waals surface area contributed by atoms with Gasteiger partial charge in [-0.1, -0.05) is 60.7 Å². The van der Waals surface area contributed by atoms with Crippen LogP contribution in [-0.2, 0) is 6.54 Å². The largest absolute Gasteiger partial charge is 0.395 e. The maximum absolute atomic E-state index is 12.2. The Hall–Kier alpha value is -2.72. The predicted molar refractivity (Wildman–Crippen MR) is 86.5 cm³/mol. The van der Waals surface area contributed by atoms with E-state index in [0.717, 1.165) is 22.5 Å². The Morgan fingerprint density at radius 2 is 1.50 bits per heavy atom. The first-order valence-electron chi connectivity index (χ1n) is 7.13. The molecule has 0 amide bonds. The summed E-state index contributed by atoms with van der Waals surface area (Å²) in [5.41, 5.74) is 3.09. The van der Waals surface area contributed by atoms with Gasteiger partial charge < -0.3 is 9.67 Å². The second-order valence-electron chi connectivity index (χ2n) is 4.90. The molecule has 1 aromatic heterocycles. The van der Waals surface area contributed by atoms with E-state index in [2.05, 4.69) is 4.98 Å². The monoisotopic (exact) mass is 292 g/mol. The number of hydrogen-bond donors (Lipinski definition) is 1. The zero-order valence-corrected chi connectivity index (χ0v) is 12.0. The molecule has 4 heteroatoms. The zero-order chi connectivity index (χ0) is 15.4. The highest BCUT2D eigenvalue weighted by Gasteiger charge is 2.14. The van der Waals surface area contributed by atoms with Gasteiger partial charge in [0.05, 0.1) is 24.2 Å². The summed E-state index contributed by atoms with van der Waals surface area (Å²) in [4.78, 5) is 16.5. The Morgan fingerprint density at radius 3 is 2.09 bits per heavy atom. The van der Waals surface area contributed by atoms with Crippen LogP contribution in [0.4, 0.5) is 0 Å². The van der Waals surface area contributed by atoms with Crippen LogP contribution in [0.2, 0.25) is 0 Å². The van der Waals surface area contributed by atoms with Gasteiger partial charge in [-0.15, -0.1) is 0 Å². The van der Waals surface area contributed by atoms with Crippen molar-refractivity contribution >= 4 is 0 Å². The highest BCUT2D eigenvalue weighted by molar-refractivity contribution is 5.78. The van der Waals surface area contributed by atoms with Crippen molar-refractivity contribution in [2.24, 2.45) is 0 Å². The van der Waals surface area contributed by atoms with Crippen LogP contribution in [-0.4, -0.2) is 21.3 Å². The van der Waals surface area contributed by atoms with Gasteiger partial charge in [0.25, 0.3) is 5.56 Å². The average molecular weight is 292 g/mol. The number of rotatable bonds is 4. The second kappa shape index (κ2) is 6.37. The highest BCUT2D eigenvalue weighted by atomic mass is 16.3. The third-order valence-corrected chi connectivity index (χ3v) is 3.48. The molecule has 0 aliphatic carbocycles. The summed E-state index contributed by atoms with van der Waals surface area (Å²) < 4.78 is 1.57. The second-order valence-corrected chi connectivity index (χ2v) is 4.90. The fourth-order valence-corrected chi connectivity index (χ4v) is 2.51. The maximum atomic E-state index is 12.2. The molecule has 110 valence electrons. The van der Waals surface area contributed by atoms with Crippen LogP contribution in [0.1, 0.15) is 0 Å². The molecule has 0 saturated heterocycles. The first-order chi connectivity index (χ1) is 10.8. The Morgan fingerprint density at radius 1 is 0.909 bits per heavy atom. The number of hydrogen-bond acceptors (Lipinski definition) is 3. The van der Waals surface area contributed by atoms with E-state index in [1.54, 1.807) is 4.57 Å². The standard InChI is InChI=1S/C18H16N2O2/c21-12-11-20-16(22)13-19-17(14-7-3-1-4-8-14)18(20)15-9-5-2-6-10-15/h1-10,13,21H,11-12H2. The van der Waals surface area contributed by atoms with Gasteiger partial charge in [-0.3, -0.25) is 4.79 Å². The molecule has 3 aromatic rings. The summed E-state index contributed by atoms with van der Waals surface area (Å²) in [7, 11) is 0. The molecule has 0 radical (unpaired) electrons. The van der Waals surface area contributed by atoms with Crippen molar-refractivity contribution in [1.82, 2.24) is 9.55 Å². The van der Waals surface area contributed by atoms with Crippen molar-refractivity contribution in [3.05, 3.63) is 77.2 Å². The molecule has 0 fully saturated rings. The van der Waals surface area contributed by atoms with Crippen LogP contribution in [0.25, 0.3) is 22.5 Å². The van der Waals surface area contributed by atoms with Crippen molar-refractivity contribution in [3.63, 3.8) is 0 Å². The molecular formula is C18H16N2O2. The zero-order valence-electron chi connectivity index (χ0n) is 12.0. The molecule has 0 saturated carbocycles. The van der Waals surface area contributed by atoms with Gasteiger partial charge in [-0.2, -0.15) is 0 Å². The molecule has 0 atom stereocenters. The number of aliphatic hydroxyl groups excluding tert-OH is 1. The Kier molecular flexibility index (Phi) is 4.12. The third-order valence-electron chi connectivity index (χ3n) is 3.48. The van der Waals surface area contributed by atoms with Crippen molar-refractivity contribution < 1.29 is 5.11 Å². The third kappa shape index (κ3) is 2.69. The van der Waals surface area contributed by atoms with Gasteiger partial charge in [0.1, 0.15) is 0 Å². The summed E-state index contributed by atoms with van der Waals surface area (Å²) in [6, 6.07) is 19.4. The van der Waals surface area contributed by atoms with Gasteiger partial charge in [-0.05, 0) is 0 Å². The van der Waals surface area contributed by atoms with E-state index in [9.17, 15) is 9.90 Å². The quantitative estimate of drug-likeness (QED) is 0.804. The summed E-state index contributed by atoms with van der Waals surface area (Å²) in [5.74, 6) is 0. The lowest BCUT2D eigenvalue weighted by molar-refractivity contribution is 0.275. The summed E-state index contributed by atoms with van der Waals surface area (Å²) in [6.45, 7) is 0.142. The molecule has 1 N–H and O–H groups in total. The summed E-state index contributed by atoms with van der Waals surface area (Å²) in [5, 5.41) is 9.30. The molecule has 0 bridgehead atoms. The van der Waals surface area contributed by atoms with Gasteiger partial charge >= 0.3 is 0 Å². The van der Waals surface area contributed by atoms with E-state index in [4.69, 9.17) is 0 Å². The molecule has 4 nitrogen and oxygen atoms in total. The van der Waals surface area contributed by atoms with Crippen LogP contribution >= 0.6 is 0 Å². The molecule has 0 aliphatic heterocycles. The molecule has 0 aliphatic rings. The molecule has 1 heterocycles. The van der Waals surface area contributed by atoms with Gasteiger partial charge in [0, 0.05) is 17.7 Å². The summed E-state index contributed by atoms with van der Waals surface area (Å²) in [6.07, 6.45) is 1.31. The van der Waals surface area contributed by atoms with Crippen molar-refractivity contribution in [3.8, 4) is 22.5 Å². The smallest absolute Gasteiger partial charge is 0.269 e. The van der Waals surface area contributed by atoms with E-state index in [1.165, 1.54) is 6.20 Å². The minimum atomic E-state index is -0.215. The Labute approximate surface area is 128 Å².